The molecule has 0 fully saturated rings. The van der Waals surface area contributed by atoms with Crippen molar-refractivity contribution in [2.75, 3.05) is 6.54 Å². The molecule has 0 radical (unpaired) electrons. The monoisotopic (exact) mass is 502 g/mol. The Bertz CT molecular complexity index is 972. The lowest BCUT2D eigenvalue weighted by atomic mass is 10.2. The number of amidine groups is 1. The van der Waals surface area contributed by atoms with Crippen molar-refractivity contribution in [1.29, 1.82) is 5.41 Å². The summed E-state index contributed by atoms with van der Waals surface area (Å²) in [6, 6.07) is 10.9. The van der Waals surface area contributed by atoms with Gasteiger partial charge in [-0.2, -0.15) is 0 Å². The summed E-state index contributed by atoms with van der Waals surface area (Å²) in [7, 11) is 0. The number of rotatable bonds is 5. The Balaban J connectivity index is 0.00000261. The van der Waals surface area contributed by atoms with Gasteiger partial charge in [0.1, 0.15) is 17.2 Å². The molecule has 1 amide bonds. The number of benzene rings is 2. The molecular weight excluding hydrogens is 485 g/mol. The van der Waals surface area contributed by atoms with E-state index in [1.54, 1.807) is 0 Å². The molecule has 1 heterocycles. The van der Waals surface area contributed by atoms with Crippen molar-refractivity contribution in [2.24, 2.45) is 5.73 Å². The summed E-state index contributed by atoms with van der Waals surface area (Å²) in [6.45, 7) is 0.594. The SMILES string of the molecule is I.N=C(N)Sc1cn(CCNC(=O)c2c(F)cccc2F)c2ccccc12. The molecule has 0 saturated carbocycles. The van der Waals surface area contributed by atoms with Crippen molar-refractivity contribution in [3.8, 4) is 0 Å². The predicted octanol–water partition coefficient (Wildman–Crippen LogP) is 3.95. The zero-order valence-corrected chi connectivity index (χ0v) is 17.2. The predicted molar refractivity (Wildman–Crippen MR) is 114 cm³/mol. The highest BCUT2D eigenvalue weighted by molar-refractivity contribution is 14.0. The highest BCUT2D eigenvalue weighted by atomic mass is 127. The summed E-state index contributed by atoms with van der Waals surface area (Å²) in [4.78, 5) is 12.9. The molecule has 0 aliphatic carbocycles. The fraction of sp³-hybridized carbons (Fsp3) is 0.111. The Labute approximate surface area is 175 Å². The average molecular weight is 502 g/mol. The Morgan fingerprint density at radius 3 is 2.48 bits per heavy atom. The van der Waals surface area contributed by atoms with Gasteiger partial charge in [0.05, 0.1) is 0 Å². The van der Waals surface area contributed by atoms with Crippen LogP contribution in [0.3, 0.4) is 0 Å². The summed E-state index contributed by atoms with van der Waals surface area (Å²) in [5, 5.41) is 10.9. The third-order valence-corrected chi connectivity index (χ3v) is 4.57. The number of nitrogens with two attached hydrogens (primary N) is 1. The number of carbonyl (C=O) groups is 1. The number of carbonyl (C=O) groups excluding carboxylic acids is 1. The zero-order chi connectivity index (χ0) is 18.7. The lowest BCUT2D eigenvalue weighted by molar-refractivity contribution is 0.0944. The van der Waals surface area contributed by atoms with Crippen molar-refractivity contribution in [2.45, 2.75) is 11.4 Å². The molecule has 0 saturated heterocycles. The van der Waals surface area contributed by atoms with Gasteiger partial charge in [-0.15, -0.1) is 24.0 Å². The second-order valence-electron chi connectivity index (χ2n) is 5.52. The van der Waals surface area contributed by atoms with Gasteiger partial charge in [0.25, 0.3) is 5.91 Å². The molecule has 0 atom stereocenters. The van der Waals surface area contributed by atoms with Gasteiger partial charge < -0.3 is 15.6 Å². The van der Waals surface area contributed by atoms with Crippen LogP contribution < -0.4 is 11.1 Å². The van der Waals surface area contributed by atoms with Crippen molar-refractivity contribution in [1.82, 2.24) is 9.88 Å². The van der Waals surface area contributed by atoms with Crippen LogP contribution in [-0.4, -0.2) is 22.2 Å². The number of fused-ring (bicyclic) bond motifs is 1. The van der Waals surface area contributed by atoms with Gasteiger partial charge in [-0.3, -0.25) is 10.2 Å². The van der Waals surface area contributed by atoms with Crippen LogP contribution in [0.25, 0.3) is 10.9 Å². The molecule has 0 aliphatic rings. The van der Waals surface area contributed by atoms with Gasteiger partial charge >= 0.3 is 0 Å². The lowest BCUT2D eigenvalue weighted by Crippen LogP contribution is -2.28. The quantitative estimate of drug-likeness (QED) is 0.214. The standard InChI is InChI=1S/C18H16F2N4OS.HI/c19-12-5-3-6-13(20)16(12)17(25)23-8-9-24-10-15(26-18(21)22)11-4-1-2-7-14(11)24;/h1-7,10H,8-9H2,(H3,21,22)(H,23,25);1H. The Kier molecular flexibility index (Phi) is 7.19. The van der Waals surface area contributed by atoms with Gasteiger partial charge in [-0.25, -0.2) is 8.78 Å². The minimum Gasteiger partial charge on any atom is -0.378 e. The van der Waals surface area contributed by atoms with Gasteiger partial charge in [-0.1, -0.05) is 36.0 Å². The Morgan fingerprint density at radius 2 is 1.81 bits per heavy atom. The molecule has 0 spiro atoms. The van der Waals surface area contributed by atoms with Crippen molar-refractivity contribution in [3.63, 3.8) is 0 Å². The van der Waals surface area contributed by atoms with Crippen molar-refractivity contribution < 1.29 is 13.6 Å². The van der Waals surface area contributed by atoms with Crippen LogP contribution in [0.4, 0.5) is 8.78 Å². The van der Waals surface area contributed by atoms with E-state index in [4.69, 9.17) is 11.1 Å². The third-order valence-electron chi connectivity index (χ3n) is 3.80. The van der Waals surface area contributed by atoms with Gasteiger partial charge in [0, 0.05) is 35.1 Å². The summed E-state index contributed by atoms with van der Waals surface area (Å²) in [5.74, 6) is -2.58. The summed E-state index contributed by atoms with van der Waals surface area (Å²) >= 11 is 1.14. The van der Waals surface area contributed by atoms with E-state index in [1.807, 2.05) is 35.0 Å². The second kappa shape index (κ2) is 9.18. The largest absolute Gasteiger partial charge is 0.378 e. The summed E-state index contributed by atoms with van der Waals surface area (Å²) in [6.07, 6.45) is 1.84. The molecule has 2 aromatic carbocycles. The van der Waals surface area contributed by atoms with E-state index in [9.17, 15) is 13.6 Å². The van der Waals surface area contributed by atoms with Crippen LogP contribution in [0, 0.1) is 17.0 Å². The first-order chi connectivity index (χ1) is 12.5. The molecule has 142 valence electrons. The van der Waals surface area contributed by atoms with Gasteiger partial charge in [0.15, 0.2) is 5.17 Å². The highest BCUT2D eigenvalue weighted by Crippen LogP contribution is 2.29. The Morgan fingerprint density at radius 1 is 1.15 bits per heavy atom. The zero-order valence-electron chi connectivity index (χ0n) is 14.0. The molecule has 3 aromatic rings. The molecule has 3 rings (SSSR count). The lowest BCUT2D eigenvalue weighted by Gasteiger charge is -2.09. The van der Waals surface area contributed by atoms with Gasteiger partial charge in [-0.05, 0) is 18.2 Å². The number of hydrogen-bond acceptors (Lipinski definition) is 3. The maximum atomic E-state index is 13.6. The number of nitrogens with one attached hydrogen (secondary N) is 2. The molecule has 4 N–H and O–H groups in total. The first-order valence-corrected chi connectivity index (χ1v) is 8.61. The molecule has 0 unspecified atom stereocenters. The molecule has 5 nitrogen and oxygen atoms in total. The number of para-hydroxylation sites is 1. The van der Waals surface area contributed by atoms with Crippen LogP contribution >= 0.6 is 35.7 Å². The van der Waals surface area contributed by atoms with Gasteiger partial charge in [0.2, 0.25) is 0 Å². The number of amides is 1. The molecular formula is C18H17F2IN4OS. The number of thioether (sulfide) groups is 1. The first kappa shape index (κ1) is 21.2. The summed E-state index contributed by atoms with van der Waals surface area (Å²) < 4.78 is 29.2. The van der Waals surface area contributed by atoms with Crippen LogP contribution in [0.2, 0.25) is 0 Å². The van der Waals surface area contributed by atoms with E-state index in [0.29, 0.717) is 6.54 Å². The fourth-order valence-corrected chi connectivity index (χ4v) is 3.39. The van der Waals surface area contributed by atoms with Crippen molar-refractivity contribution >= 4 is 57.7 Å². The number of nitrogens with zero attached hydrogens (tertiary/aromatic N) is 1. The Hall–Kier alpha value is -2.14. The van der Waals surface area contributed by atoms with Crippen LogP contribution in [-0.2, 0) is 6.54 Å². The van der Waals surface area contributed by atoms with E-state index in [-0.39, 0.29) is 35.7 Å². The van der Waals surface area contributed by atoms with E-state index >= 15 is 0 Å². The maximum Gasteiger partial charge on any atom is 0.257 e. The minimum atomic E-state index is -0.894. The number of halogens is 3. The van der Waals surface area contributed by atoms with E-state index in [1.165, 1.54) is 6.07 Å². The summed E-state index contributed by atoms with van der Waals surface area (Å²) in [5.41, 5.74) is 5.80. The van der Waals surface area contributed by atoms with E-state index in [2.05, 4.69) is 5.32 Å². The molecule has 1 aromatic heterocycles. The topological polar surface area (TPSA) is 83.9 Å². The smallest absolute Gasteiger partial charge is 0.257 e. The normalized spacial score (nSPS) is 10.4. The average Bonchev–Trinajstić information content (AvgIpc) is 2.92. The van der Waals surface area contributed by atoms with E-state index < -0.39 is 23.1 Å². The van der Waals surface area contributed by atoms with Crippen LogP contribution in [0.15, 0.2) is 53.6 Å². The van der Waals surface area contributed by atoms with E-state index in [0.717, 1.165) is 39.7 Å². The maximum absolute atomic E-state index is 13.6. The molecule has 27 heavy (non-hydrogen) atoms. The molecule has 9 heteroatoms. The third kappa shape index (κ3) is 4.78. The number of aromatic nitrogens is 1. The minimum absolute atomic E-state index is 0. The highest BCUT2D eigenvalue weighted by Gasteiger charge is 2.16. The molecule has 0 aliphatic heterocycles. The van der Waals surface area contributed by atoms with Crippen LogP contribution in [0.5, 0.6) is 0 Å². The molecule has 0 bridgehead atoms. The van der Waals surface area contributed by atoms with Crippen LogP contribution in [0.1, 0.15) is 10.4 Å². The van der Waals surface area contributed by atoms with Crippen molar-refractivity contribution in [3.05, 3.63) is 65.9 Å². The fourth-order valence-electron chi connectivity index (χ4n) is 2.69. The first-order valence-electron chi connectivity index (χ1n) is 7.79. The second-order valence-corrected chi connectivity index (χ2v) is 6.61. The number of hydrogen-bond donors (Lipinski definition) is 3.